The molecule has 0 radical (unpaired) electrons. The smallest absolute Gasteiger partial charge is 0.317 e. The van der Waals surface area contributed by atoms with E-state index < -0.39 is 21.8 Å². The topological polar surface area (TPSA) is 113 Å². The first-order valence-corrected chi connectivity index (χ1v) is 11.9. The number of carboxylic acids is 1. The van der Waals surface area contributed by atoms with E-state index in [0.717, 1.165) is 19.1 Å². The van der Waals surface area contributed by atoms with Gasteiger partial charge < -0.3 is 10.4 Å². The van der Waals surface area contributed by atoms with Crippen molar-refractivity contribution in [1.29, 1.82) is 0 Å². The fraction of sp³-hybridized carbons (Fsp3) is 0.895. The van der Waals surface area contributed by atoms with Crippen LogP contribution in [0.5, 0.6) is 0 Å². The lowest BCUT2D eigenvalue weighted by atomic mass is 9.63. The van der Waals surface area contributed by atoms with Crippen LogP contribution in [0.2, 0.25) is 0 Å². The third kappa shape index (κ3) is 4.65. The predicted octanol–water partition coefficient (Wildman–Crippen LogP) is 1.43. The molecule has 0 heterocycles. The van der Waals surface area contributed by atoms with Crippen molar-refractivity contribution in [3.05, 3.63) is 0 Å². The molecule has 0 aromatic carbocycles. The van der Waals surface area contributed by atoms with Crippen LogP contribution in [0.25, 0.3) is 0 Å². The molecule has 8 heteroatoms. The van der Waals surface area contributed by atoms with Crippen molar-refractivity contribution >= 4 is 21.7 Å². The minimum absolute atomic E-state index is 0.0651. The summed E-state index contributed by atoms with van der Waals surface area (Å²) in [5, 5.41) is 14.5. The van der Waals surface area contributed by atoms with E-state index in [1.54, 1.807) is 0 Å². The molecular weight excluding hydrogens is 368 g/mol. The SMILES string of the molecule is CCC12CCC(C[C@@H]1CNC(=O)[C@H](CCS(C)(=O)=O)NCC(=O)O)C2(C)C. The quantitative estimate of drug-likeness (QED) is 0.510. The van der Waals surface area contributed by atoms with Crippen LogP contribution in [0, 0.1) is 22.7 Å². The second kappa shape index (κ2) is 8.07. The summed E-state index contributed by atoms with van der Waals surface area (Å²) in [6.07, 6.45) is 5.82. The molecule has 1 amide bonds. The number of hydrogen-bond donors (Lipinski definition) is 3. The van der Waals surface area contributed by atoms with Gasteiger partial charge in [-0.3, -0.25) is 14.9 Å². The highest BCUT2D eigenvalue weighted by Gasteiger charge is 2.62. The molecule has 0 aromatic heterocycles. The second-order valence-corrected chi connectivity index (χ2v) is 11.2. The van der Waals surface area contributed by atoms with Crippen LogP contribution in [-0.4, -0.2) is 56.5 Å². The van der Waals surface area contributed by atoms with Gasteiger partial charge in [-0.15, -0.1) is 0 Å². The molecule has 2 aliphatic carbocycles. The van der Waals surface area contributed by atoms with Crippen LogP contribution in [0.3, 0.4) is 0 Å². The maximum absolute atomic E-state index is 12.6. The first-order valence-electron chi connectivity index (χ1n) is 9.83. The van der Waals surface area contributed by atoms with Crippen molar-refractivity contribution in [2.24, 2.45) is 22.7 Å². The maximum atomic E-state index is 12.6. The van der Waals surface area contributed by atoms with Gasteiger partial charge in [-0.2, -0.15) is 0 Å². The number of sulfone groups is 1. The second-order valence-electron chi connectivity index (χ2n) is 8.89. The zero-order valence-corrected chi connectivity index (χ0v) is 17.7. The summed E-state index contributed by atoms with van der Waals surface area (Å²) in [5.41, 5.74) is 0.510. The molecule has 7 nitrogen and oxygen atoms in total. The minimum atomic E-state index is -3.23. The normalized spacial score (nSPS) is 30.2. The molecule has 2 unspecified atom stereocenters. The average Bonchev–Trinajstić information content (AvgIpc) is 2.94. The fourth-order valence-electron chi connectivity index (χ4n) is 5.65. The average molecular weight is 403 g/mol. The summed E-state index contributed by atoms with van der Waals surface area (Å²) in [5.74, 6) is -0.450. The van der Waals surface area contributed by atoms with Gasteiger partial charge in [0, 0.05) is 12.8 Å². The lowest BCUT2D eigenvalue weighted by Crippen LogP contribution is -2.49. The van der Waals surface area contributed by atoms with Crippen molar-refractivity contribution in [2.75, 3.05) is 25.1 Å². The molecule has 4 atom stereocenters. The summed E-state index contributed by atoms with van der Waals surface area (Å²) in [4.78, 5) is 23.4. The highest BCUT2D eigenvalue weighted by atomic mass is 32.2. The molecule has 156 valence electrons. The van der Waals surface area contributed by atoms with Crippen molar-refractivity contribution in [1.82, 2.24) is 10.6 Å². The predicted molar refractivity (Wildman–Crippen MR) is 104 cm³/mol. The number of hydrogen-bond acceptors (Lipinski definition) is 5. The molecule has 2 rings (SSSR count). The lowest BCUT2D eigenvalue weighted by molar-refractivity contribution is -0.136. The molecule has 3 N–H and O–H groups in total. The van der Waals surface area contributed by atoms with Gasteiger partial charge in [0.25, 0.3) is 0 Å². The number of carbonyl (C=O) groups excluding carboxylic acids is 1. The van der Waals surface area contributed by atoms with Crippen LogP contribution in [0.1, 0.15) is 52.9 Å². The van der Waals surface area contributed by atoms with Crippen molar-refractivity contribution in [3.8, 4) is 0 Å². The summed E-state index contributed by atoms with van der Waals surface area (Å²) < 4.78 is 22.9. The van der Waals surface area contributed by atoms with Crippen LogP contribution < -0.4 is 10.6 Å². The highest BCUT2D eigenvalue weighted by molar-refractivity contribution is 7.90. The molecule has 0 aromatic rings. The molecule has 0 spiro atoms. The molecule has 27 heavy (non-hydrogen) atoms. The molecule has 2 aliphatic rings. The number of aliphatic carboxylic acids is 1. The number of carboxylic acid groups (broad SMARTS) is 1. The Hall–Kier alpha value is -1.15. The largest absolute Gasteiger partial charge is 0.480 e. The Kier molecular flexibility index (Phi) is 6.62. The summed E-state index contributed by atoms with van der Waals surface area (Å²) in [6.45, 7) is 7.11. The molecule has 0 aliphatic heterocycles. The van der Waals surface area contributed by atoms with E-state index in [0.29, 0.717) is 18.4 Å². The number of fused-ring (bicyclic) bond motifs is 2. The Morgan fingerprint density at radius 2 is 1.96 bits per heavy atom. The first-order chi connectivity index (χ1) is 12.4. The molecule has 2 fully saturated rings. The maximum Gasteiger partial charge on any atom is 0.317 e. The van der Waals surface area contributed by atoms with Crippen molar-refractivity contribution < 1.29 is 23.1 Å². The van der Waals surface area contributed by atoms with Gasteiger partial charge in [0.15, 0.2) is 0 Å². The van der Waals surface area contributed by atoms with Crippen molar-refractivity contribution in [3.63, 3.8) is 0 Å². The van der Waals surface area contributed by atoms with E-state index >= 15 is 0 Å². The van der Waals surface area contributed by atoms with E-state index in [-0.39, 0.29) is 35.5 Å². The van der Waals surface area contributed by atoms with Gasteiger partial charge in [0.2, 0.25) is 5.91 Å². The molecule has 2 saturated carbocycles. The van der Waals surface area contributed by atoms with E-state index in [1.807, 2.05) is 0 Å². The number of amides is 1. The molecular formula is C19H34N2O5S. The third-order valence-corrected chi connectivity index (χ3v) is 8.32. The lowest BCUT2D eigenvalue weighted by Gasteiger charge is -2.42. The van der Waals surface area contributed by atoms with E-state index in [9.17, 15) is 18.0 Å². The van der Waals surface area contributed by atoms with E-state index in [4.69, 9.17) is 5.11 Å². The van der Waals surface area contributed by atoms with Gasteiger partial charge in [-0.05, 0) is 54.8 Å². The van der Waals surface area contributed by atoms with Crippen LogP contribution in [-0.2, 0) is 19.4 Å². The van der Waals surface area contributed by atoms with Gasteiger partial charge in [-0.25, -0.2) is 8.42 Å². The summed E-state index contributed by atoms with van der Waals surface area (Å²) in [7, 11) is -3.23. The van der Waals surface area contributed by atoms with Gasteiger partial charge in [0.1, 0.15) is 9.84 Å². The van der Waals surface area contributed by atoms with E-state index in [2.05, 4.69) is 31.4 Å². The van der Waals surface area contributed by atoms with Crippen molar-refractivity contribution in [2.45, 2.75) is 58.9 Å². The Morgan fingerprint density at radius 3 is 2.48 bits per heavy atom. The Balaban J connectivity index is 1.99. The summed E-state index contributed by atoms with van der Waals surface area (Å²) in [6, 6.07) is -0.819. The van der Waals surface area contributed by atoms with Crippen LogP contribution >= 0.6 is 0 Å². The minimum Gasteiger partial charge on any atom is -0.480 e. The molecule has 0 saturated heterocycles. The third-order valence-electron chi connectivity index (χ3n) is 7.34. The van der Waals surface area contributed by atoms with Gasteiger partial charge in [-0.1, -0.05) is 20.8 Å². The summed E-state index contributed by atoms with van der Waals surface area (Å²) >= 11 is 0. The van der Waals surface area contributed by atoms with Gasteiger partial charge >= 0.3 is 5.97 Å². The molecule has 2 bridgehead atoms. The Bertz CT molecular complexity index is 676. The standard InChI is InChI=1S/C19H34N2O5S/c1-5-19-8-6-13(18(19,2)3)10-14(19)11-21-17(24)15(20-12-16(22)23)7-9-27(4,25)26/h13-15,20H,5-12H2,1-4H3,(H,21,24)(H,22,23)/t13?,14-,15+,19?/m1/s1. The number of rotatable bonds is 10. The zero-order chi connectivity index (χ0) is 20.5. The van der Waals surface area contributed by atoms with Gasteiger partial charge in [0.05, 0.1) is 18.3 Å². The Labute approximate surface area is 162 Å². The highest BCUT2D eigenvalue weighted by Crippen LogP contribution is 2.69. The monoisotopic (exact) mass is 402 g/mol. The van der Waals surface area contributed by atoms with E-state index in [1.165, 1.54) is 12.8 Å². The van der Waals surface area contributed by atoms with Crippen LogP contribution in [0.4, 0.5) is 0 Å². The first kappa shape index (κ1) is 22.1. The zero-order valence-electron chi connectivity index (χ0n) is 16.9. The fourth-order valence-corrected chi connectivity index (χ4v) is 6.31. The number of nitrogens with one attached hydrogen (secondary N) is 2. The Morgan fingerprint density at radius 1 is 1.30 bits per heavy atom. The van der Waals surface area contributed by atoms with Crippen LogP contribution in [0.15, 0.2) is 0 Å². The number of carbonyl (C=O) groups is 2.